The summed E-state index contributed by atoms with van der Waals surface area (Å²) in [5, 5.41) is 0. The van der Waals surface area contributed by atoms with E-state index in [0.29, 0.717) is 5.88 Å². The fourth-order valence-electron chi connectivity index (χ4n) is 3.60. The van der Waals surface area contributed by atoms with Gasteiger partial charge in [-0.3, -0.25) is 0 Å². The zero-order valence-electron chi connectivity index (χ0n) is 10.5. The summed E-state index contributed by atoms with van der Waals surface area (Å²) in [5.74, 6) is 1.85. The minimum Gasteiger partial charge on any atom is -0.371 e. The molecule has 2 bridgehead atoms. The lowest BCUT2D eigenvalue weighted by atomic mass is 9.77. The summed E-state index contributed by atoms with van der Waals surface area (Å²) < 4.78 is 13.3. The smallest absolute Gasteiger partial charge is 0.123 e. The number of piperidine rings is 1. The van der Waals surface area contributed by atoms with Crippen LogP contribution in [0, 0.1) is 17.7 Å². The van der Waals surface area contributed by atoms with Crippen LogP contribution in [-0.2, 0) is 5.88 Å². The van der Waals surface area contributed by atoms with Gasteiger partial charge in [0, 0.05) is 24.7 Å². The van der Waals surface area contributed by atoms with E-state index in [1.807, 2.05) is 6.07 Å². The van der Waals surface area contributed by atoms with Crippen molar-refractivity contribution in [1.29, 1.82) is 0 Å². The van der Waals surface area contributed by atoms with Gasteiger partial charge >= 0.3 is 0 Å². The summed E-state index contributed by atoms with van der Waals surface area (Å²) in [6.07, 6.45) is 5.47. The molecule has 1 saturated heterocycles. The Hall–Kier alpha value is -0.760. The Morgan fingerprint density at radius 3 is 2.61 bits per heavy atom. The summed E-state index contributed by atoms with van der Waals surface area (Å²) in [6, 6.07) is 5.02. The normalized spacial score (nSPS) is 27.3. The number of rotatable bonds is 2. The second-order valence-corrected chi connectivity index (χ2v) is 5.98. The first-order chi connectivity index (χ1) is 8.76. The van der Waals surface area contributed by atoms with Crippen LogP contribution < -0.4 is 4.90 Å². The van der Waals surface area contributed by atoms with E-state index in [2.05, 4.69) is 4.90 Å². The Labute approximate surface area is 113 Å². The molecule has 2 fully saturated rings. The Balaban J connectivity index is 1.86. The highest BCUT2D eigenvalue weighted by molar-refractivity contribution is 6.17. The molecule has 1 saturated carbocycles. The predicted octanol–water partition coefficient (Wildman–Crippen LogP) is 4.19. The number of hydrogen-bond acceptors (Lipinski definition) is 1. The second-order valence-electron chi connectivity index (χ2n) is 5.71. The third-order valence-electron chi connectivity index (χ3n) is 4.37. The Morgan fingerprint density at radius 2 is 1.94 bits per heavy atom. The van der Waals surface area contributed by atoms with Crippen LogP contribution in [0.3, 0.4) is 0 Å². The fraction of sp³-hybridized carbons (Fsp3) is 0.600. The molecule has 98 valence electrons. The quantitative estimate of drug-likeness (QED) is 0.726. The second kappa shape index (κ2) is 5.08. The fourth-order valence-corrected chi connectivity index (χ4v) is 3.81. The van der Waals surface area contributed by atoms with Crippen molar-refractivity contribution < 1.29 is 4.39 Å². The molecule has 1 nitrogen and oxygen atoms in total. The maximum Gasteiger partial charge on any atom is 0.123 e. The molecule has 0 aromatic heterocycles. The van der Waals surface area contributed by atoms with E-state index in [9.17, 15) is 4.39 Å². The Kier molecular flexibility index (Phi) is 3.47. The standard InChI is InChI=1S/C15H19ClFN/c16-8-13-7-14(17)4-5-15(13)18-9-11-2-1-3-12(6-11)10-18/h4-5,7,11-12H,1-3,6,8-10H2. The maximum absolute atomic E-state index is 13.3. The van der Waals surface area contributed by atoms with E-state index in [0.717, 1.165) is 36.2 Å². The maximum atomic E-state index is 13.3. The van der Waals surface area contributed by atoms with E-state index in [4.69, 9.17) is 11.6 Å². The first kappa shape index (κ1) is 12.3. The van der Waals surface area contributed by atoms with Crippen LogP contribution in [-0.4, -0.2) is 13.1 Å². The molecular formula is C15H19ClFN. The number of anilines is 1. The highest BCUT2D eigenvalue weighted by Gasteiger charge is 2.31. The molecule has 2 unspecified atom stereocenters. The highest BCUT2D eigenvalue weighted by atomic mass is 35.5. The van der Waals surface area contributed by atoms with Crippen molar-refractivity contribution in [2.24, 2.45) is 11.8 Å². The molecule has 1 heterocycles. The van der Waals surface area contributed by atoms with Crippen molar-refractivity contribution in [3.8, 4) is 0 Å². The number of fused-ring (bicyclic) bond motifs is 2. The van der Waals surface area contributed by atoms with Crippen LogP contribution in [0.25, 0.3) is 0 Å². The van der Waals surface area contributed by atoms with Crippen LogP contribution in [0.15, 0.2) is 18.2 Å². The van der Waals surface area contributed by atoms with Gasteiger partial charge in [0.15, 0.2) is 0 Å². The van der Waals surface area contributed by atoms with Gasteiger partial charge < -0.3 is 4.90 Å². The average Bonchev–Trinajstić information content (AvgIpc) is 2.38. The highest BCUT2D eigenvalue weighted by Crippen LogP contribution is 2.37. The third kappa shape index (κ3) is 2.35. The minimum absolute atomic E-state index is 0.188. The number of benzene rings is 1. The van der Waals surface area contributed by atoms with E-state index in [-0.39, 0.29) is 5.82 Å². The monoisotopic (exact) mass is 267 g/mol. The van der Waals surface area contributed by atoms with Crippen molar-refractivity contribution in [1.82, 2.24) is 0 Å². The van der Waals surface area contributed by atoms with Crippen molar-refractivity contribution in [2.45, 2.75) is 31.6 Å². The summed E-state index contributed by atoms with van der Waals surface area (Å²) in [6.45, 7) is 2.23. The van der Waals surface area contributed by atoms with Gasteiger partial charge in [0.05, 0.1) is 0 Å². The van der Waals surface area contributed by atoms with Crippen LogP contribution in [0.5, 0.6) is 0 Å². The molecule has 1 aromatic rings. The molecule has 3 rings (SSSR count). The van der Waals surface area contributed by atoms with Crippen LogP contribution in [0.2, 0.25) is 0 Å². The van der Waals surface area contributed by atoms with Gasteiger partial charge in [-0.2, -0.15) is 0 Å². The molecule has 0 N–H and O–H groups in total. The van der Waals surface area contributed by atoms with Crippen LogP contribution >= 0.6 is 11.6 Å². The molecule has 0 spiro atoms. The van der Waals surface area contributed by atoms with Crippen LogP contribution in [0.4, 0.5) is 10.1 Å². The van der Waals surface area contributed by atoms with Gasteiger partial charge in [0.25, 0.3) is 0 Å². The Bertz CT molecular complexity index is 423. The first-order valence-electron chi connectivity index (χ1n) is 6.85. The van der Waals surface area contributed by atoms with E-state index in [1.54, 1.807) is 12.1 Å². The molecule has 0 radical (unpaired) electrons. The van der Waals surface area contributed by atoms with Gasteiger partial charge in [-0.15, -0.1) is 11.6 Å². The molecule has 1 aliphatic carbocycles. The topological polar surface area (TPSA) is 3.24 Å². The van der Waals surface area contributed by atoms with Crippen LogP contribution in [0.1, 0.15) is 31.2 Å². The summed E-state index contributed by atoms with van der Waals surface area (Å²) in [4.78, 5) is 2.43. The molecule has 1 aromatic carbocycles. The summed E-state index contributed by atoms with van der Waals surface area (Å²) in [5.41, 5.74) is 2.07. The number of hydrogen-bond donors (Lipinski definition) is 0. The zero-order chi connectivity index (χ0) is 12.5. The lowest BCUT2D eigenvalue weighted by molar-refractivity contribution is 0.231. The third-order valence-corrected chi connectivity index (χ3v) is 4.66. The molecule has 0 amide bonds. The summed E-state index contributed by atoms with van der Waals surface area (Å²) in [7, 11) is 0. The minimum atomic E-state index is -0.188. The predicted molar refractivity (Wildman–Crippen MR) is 73.6 cm³/mol. The first-order valence-corrected chi connectivity index (χ1v) is 7.39. The van der Waals surface area contributed by atoms with E-state index >= 15 is 0 Å². The van der Waals surface area contributed by atoms with Crippen molar-refractivity contribution >= 4 is 17.3 Å². The molecule has 18 heavy (non-hydrogen) atoms. The molecular weight excluding hydrogens is 249 g/mol. The largest absolute Gasteiger partial charge is 0.371 e. The number of nitrogens with zero attached hydrogens (tertiary/aromatic N) is 1. The average molecular weight is 268 g/mol. The lowest BCUT2D eigenvalue weighted by Crippen LogP contribution is -2.43. The van der Waals surface area contributed by atoms with Gasteiger partial charge in [0.2, 0.25) is 0 Å². The van der Waals surface area contributed by atoms with Gasteiger partial charge in [-0.25, -0.2) is 4.39 Å². The van der Waals surface area contributed by atoms with Crippen molar-refractivity contribution in [3.05, 3.63) is 29.6 Å². The molecule has 1 aliphatic heterocycles. The lowest BCUT2D eigenvalue weighted by Gasteiger charge is -2.43. The van der Waals surface area contributed by atoms with Crippen molar-refractivity contribution in [3.63, 3.8) is 0 Å². The van der Waals surface area contributed by atoms with Crippen molar-refractivity contribution in [2.75, 3.05) is 18.0 Å². The number of halogens is 2. The Morgan fingerprint density at radius 1 is 1.22 bits per heavy atom. The van der Waals surface area contributed by atoms with E-state index < -0.39 is 0 Å². The van der Waals surface area contributed by atoms with Gasteiger partial charge in [-0.05, 0) is 54.9 Å². The van der Waals surface area contributed by atoms with E-state index in [1.165, 1.54) is 25.7 Å². The van der Waals surface area contributed by atoms with Gasteiger partial charge in [-0.1, -0.05) is 6.42 Å². The zero-order valence-corrected chi connectivity index (χ0v) is 11.3. The number of alkyl halides is 1. The molecule has 2 atom stereocenters. The summed E-state index contributed by atoms with van der Waals surface area (Å²) >= 11 is 5.95. The van der Waals surface area contributed by atoms with Gasteiger partial charge in [0.1, 0.15) is 5.82 Å². The SMILES string of the molecule is Fc1ccc(N2CC3CCCC(C3)C2)c(CCl)c1. The molecule has 2 aliphatic rings. The molecule has 3 heteroatoms.